The van der Waals surface area contributed by atoms with Gasteiger partial charge < -0.3 is 10.6 Å². The van der Waals surface area contributed by atoms with Gasteiger partial charge >= 0.3 is 0 Å². The van der Waals surface area contributed by atoms with Crippen molar-refractivity contribution >= 4 is 22.7 Å². The minimum absolute atomic E-state index is 1.13. The van der Waals surface area contributed by atoms with Crippen LogP contribution in [0, 0.1) is 6.92 Å². The maximum Gasteiger partial charge on any atom is 0.0865 e. The van der Waals surface area contributed by atoms with Crippen LogP contribution >= 0.6 is 0 Å². The Morgan fingerprint density at radius 1 is 1.00 bits per heavy atom. The Bertz CT molecular complexity index is 500. The van der Waals surface area contributed by atoms with Gasteiger partial charge in [0, 0.05) is 5.69 Å². The molecule has 0 radical (unpaired) electrons. The lowest BCUT2D eigenvalue weighted by molar-refractivity contribution is 1.46. The number of aryl methyl sites for hydroxylation is 1. The minimum atomic E-state index is 1.13. The summed E-state index contributed by atoms with van der Waals surface area (Å²) in [6, 6.07) is 14.5. The van der Waals surface area contributed by atoms with Crippen LogP contribution in [-0.2, 0) is 0 Å². The second kappa shape index (κ2) is 3.02. The summed E-state index contributed by atoms with van der Waals surface area (Å²) in [7, 11) is 0. The van der Waals surface area contributed by atoms with E-state index < -0.39 is 0 Å². The summed E-state index contributed by atoms with van der Waals surface area (Å²) in [5, 5.41) is 6.69. The van der Waals surface area contributed by atoms with Crippen LogP contribution in [0.4, 0.5) is 22.7 Å². The summed E-state index contributed by atoms with van der Waals surface area (Å²) in [5.41, 5.74) is 6.06. The van der Waals surface area contributed by atoms with Gasteiger partial charge in [-0.05, 0) is 30.7 Å². The number of anilines is 4. The van der Waals surface area contributed by atoms with Crippen molar-refractivity contribution in [3.63, 3.8) is 0 Å². The molecule has 74 valence electrons. The molecular formula is C13H12N2. The number of hydrogen-bond donors (Lipinski definition) is 2. The summed E-state index contributed by atoms with van der Waals surface area (Å²) >= 11 is 0. The van der Waals surface area contributed by atoms with E-state index in [9.17, 15) is 0 Å². The van der Waals surface area contributed by atoms with Gasteiger partial charge in [0.15, 0.2) is 0 Å². The van der Waals surface area contributed by atoms with Crippen LogP contribution in [0.3, 0.4) is 0 Å². The quantitative estimate of drug-likeness (QED) is 0.611. The first-order valence-electron chi connectivity index (χ1n) is 5.07. The second-order valence-corrected chi connectivity index (χ2v) is 3.80. The van der Waals surface area contributed by atoms with E-state index in [0.29, 0.717) is 0 Å². The fourth-order valence-electron chi connectivity index (χ4n) is 1.74. The average molecular weight is 196 g/mol. The third kappa shape index (κ3) is 1.44. The Kier molecular flexibility index (Phi) is 1.68. The van der Waals surface area contributed by atoms with Crippen LogP contribution in [0.5, 0.6) is 0 Å². The van der Waals surface area contributed by atoms with Crippen molar-refractivity contribution in [1.82, 2.24) is 0 Å². The molecular weight excluding hydrogens is 184 g/mol. The average Bonchev–Trinajstić information content (AvgIpc) is 3.03. The minimum Gasteiger partial charge on any atom is -0.354 e. The van der Waals surface area contributed by atoms with Gasteiger partial charge in [0.05, 0.1) is 17.1 Å². The highest BCUT2D eigenvalue weighted by Crippen LogP contribution is 2.47. The lowest BCUT2D eigenvalue weighted by Crippen LogP contribution is -1.90. The second-order valence-electron chi connectivity index (χ2n) is 3.80. The molecule has 2 heteroatoms. The highest BCUT2D eigenvalue weighted by atomic mass is 15.1. The van der Waals surface area contributed by atoms with Crippen LogP contribution in [0.25, 0.3) is 0 Å². The van der Waals surface area contributed by atoms with E-state index in [2.05, 4.69) is 41.8 Å². The molecule has 2 N–H and O–H groups in total. The molecule has 15 heavy (non-hydrogen) atoms. The van der Waals surface area contributed by atoms with Gasteiger partial charge in [0.1, 0.15) is 0 Å². The zero-order valence-corrected chi connectivity index (χ0v) is 8.54. The number of nitrogens with one attached hydrogen (secondary N) is 2. The van der Waals surface area contributed by atoms with Crippen LogP contribution in [0.2, 0.25) is 0 Å². The smallest absolute Gasteiger partial charge is 0.0865 e. The van der Waals surface area contributed by atoms with E-state index in [1.165, 1.54) is 22.6 Å². The highest BCUT2D eigenvalue weighted by Gasteiger charge is 2.21. The van der Waals surface area contributed by atoms with Crippen molar-refractivity contribution in [2.45, 2.75) is 6.92 Å². The van der Waals surface area contributed by atoms with Crippen molar-refractivity contribution in [1.29, 1.82) is 0 Å². The van der Waals surface area contributed by atoms with Gasteiger partial charge in [-0.2, -0.15) is 0 Å². The van der Waals surface area contributed by atoms with Crippen molar-refractivity contribution in [2.24, 2.45) is 0 Å². The predicted molar refractivity (Wildman–Crippen MR) is 64.2 cm³/mol. The molecule has 2 aromatic carbocycles. The fraction of sp³-hybridized carbons (Fsp3) is 0.0769. The number of rotatable bonds is 2. The predicted octanol–water partition coefficient (Wildman–Crippen LogP) is 3.80. The molecule has 1 aliphatic rings. The van der Waals surface area contributed by atoms with Gasteiger partial charge in [-0.15, -0.1) is 0 Å². The Labute approximate surface area is 88.9 Å². The lowest BCUT2D eigenvalue weighted by Gasteiger charge is -2.07. The molecule has 1 aliphatic heterocycles. The van der Waals surface area contributed by atoms with Gasteiger partial charge in [-0.1, -0.05) is 24.3 Å². The van der Waals surface area contributed by atoms with Crippen LogP contribution in [0.15, 0.2) is 42.5 Å². The summed E-state index contributed by atoms with van der Waals surface area (Å²) in [6.45, 7) is 2.12. The molecule has 0 aliphatic carbocycles. The SMILES string of the molecule is Cc1ccc2c(c1Nc1ccccc1)N2. The maximum absolute atomic E-state index is 3.43. The lowest BCUT2D eigenvalue weighted by atomic mass is 10.2. The highest BCUT2D eigenvalue weighted by molar-refractivity contribution is 6.01. The molecule has 0 aromatic heterocycles. The molecule has 0 saturated heterocycles. The van der Waals surface area contributed by atoms with E-state index in [1.54, 1.807) is 0 Å². The summed E-state index contributed by atoms with van der Waals surface area (Å²) in [5.74, 6) is 0. The van der Waals surface area contributed by atoms with E-state index in [4.69, 9.17) is 0 Å². The Morgan fingerprint density at radius 2 is 1.80 bits per heavy atom. The summed E-state index contributed by atoms with van der Waals surface area (Å²) in [6.07, 6.45) is 0. The molecule has 0 unspecified atom stereocenters. The van der Waals surface area contributed by atoms with E-state index in [-0.39, 0.29) is 0 Å². The molecule has 0 spiro atoms. The summed E-state index contributed by atoms with van der Waals surface area (Å²) in [4.78, 5) is 0. The third-order valence-electron chi connectivity index (χ3n) is 2.65. The molecule has 2 aromatic rings. The monoisotopic (exact) mass is 196 g/mol. The standard InChI is InChI=1S/C13H12N2/c1-9-7-8-11-13(15-11)12(9)14-10-5-3-2-4-6-10/h2-8,14-15H,1H3. The molecule has 0 bridgehead atoms. The van der Waals surface area contributed by atoms with Gasteiger partial charge in [-0.3, -0.25) is 0 Å². The number of benzene rings is 2. The van der Waals surface area contributed by atoms with Crippen molar-refractivity contribution in [3.8, 4) is 0 Å². The largest absolute Gasteiger partial charge is 0.354 e. The van der Waals surface area contributed by atoms with Crippen molar-refractivity contribution < 1.29 is 0 Å². The van der Waals surface area contributed by atoms with Crippen LogP contribution in [-0.4, -0.2) is 0 Å². The Morgan fingerprint density at radius 3 is 2.60 bits per heavy atom. The Balaban J connectivity index is 1.96. The van der Waals surface area contributed by atoms with Gasteiger partial charge in [0.2, 0.25) is 0 Å². The normalized spacial score (nSPS) is 11.5. The molecule has 0 saturated carbocycles. The van der Waals surface area contributed by atoms with Gasteiger partial charge in [-0.25, -0.2) is 0 Å². The van der Waals surface area contributed by atoms with Crippen molar-refractivity contribution in [2.75, 3.05) is 10.6 Å². The fourth-order valence-corrected chi connectivity index (χ4v) is 1.74. The topological polar surface area (TPSA) is 34.0 Å². The first-order valence-corrected chi connectivity index (χ1v) is 5.07. The zero-order chi connectivity index (χ0) is 10.3. The Hall–Kier alpha value is -1.96. The molecule has 2 nitrogen and oxygen atoms in total. The first kappa shape index (κ1) is 8.36. The molecule has 1 heterocycles. The van der Waals surface area contributed by atoms with Crippen LogP contribution in [0.1, 0.15) is 5.56 Å². The molecule has 0 amide bonds. The molecule has 0 atom stereocenters. The van der Waals surface area contributed by atoms with E-state index >= 15 is 0 Å². The maximum atomic E-state index is 3.43. The number of hydrogen-bond acceptors (Lipinski definition) is 2. The van der Waals surface area contributed by atoms with E-state index in [0.717, 1.165) is 5.69 Å². The number of fused-ring (bicyclic) bond motifs is 1. The summed E-state index contributed by atoms with van der Waals surface area (Å²) < 4.78 is 0. The van der Waals surface area contributed by atoms with E-state index in [1.807, 2.05) is 18.2 Å². The van der Waals surface area contributed by atoms with Crippen molar-refractivity contribution in [3.05, 3.63) is 48.0 Å². The number of para-hydroxylation sites is 1. The zero-order valence-electron chi connectivity index (χ0n) is 8.54. The van der Waals surface area contributed by atoms with Crippen LogP contribution < -0.4 is 10.6 Å². The molecule has 0 fully saturated rings. The third-order valence-corrected chi connectivity index (χ3v) is 2.65. The molecule has 3 rings (SSSR count). The van der Waals surface area contributed by atoms with Gasteiger partial charge in [0.25, 0.3) is 0 Å². The first-order chi connectivity index (χ1) is 7.34.